The van der Waals surface area contributed by atoms with Crippen LogP contribution in [-0.2, 0) is 23.0 Å². The van der Waals surface area contributed by atoms with E-state index in [1.165, 1.54) is 12.1 Å². The minimum absolute atomic E-state index is 0.108. The smallest absolute Gasteiger partial charge is 0.209 e. The number of sulfonamides is 1. The maximum Gasteiger partial charge on any atom is 0.209 e. The molecule has 0 fully saturated rings. The van der Waals surface area contributed by atoms with Gasteiger partial charge in [-0.1, -0.05) is 6.07 Å². The molecule has 0 unspecified atom stereocenters. The normalized spacial score (nSPS) is 12.1. The lowest BCUT2D eigenvalue weighted by molar-refractivity contribution is 0.402. The fraction of sp³-hybridized carbons (Fsp3) is 0.172. The standard InChI is InChI=1S/C29H27FN8O2S/c1-38(2)16-18-10-20(15-32-14-18)24-3-4-25-27(34-24)28(37-36-25)26-13-23-22(5-7-33-29(23)35-26)19-9-17(11-21(30)12-19)6-8-41(31,39)40/h3-5,7,9-15H,6,8,16H2,1-2H3,(H,33,35)(H,36,37)(H2,31,39,40). The van der Waals surface area contributed by atoms with Crippen LogP contribution in [0.5, 0.6) is 0 Å². The quantitative estimate of drug-likeness (QED) is 0.248. The van der Waals surface area contributed by atoms with Gasteiger partial charge in [0.05, 0.1) is 22.7 Å². The van der Waals surface area contributed by atoms with Gasteiger partial charge >= 0.3 is 0 Å². The van der Waals surface area contributed by atoms with Gasteiger partial charge in [0.2, 0.25) is 10.0 Å². The Morgan fingerprint density at radius 3 is 2.63 bits per heavy atom. The summed E-state index contributed by atoms with van der Waals surface area (Å²) in [6, 6.07) is 14.2. The number of pyridine rings is 3. The minimum atomic E-state index is -3.67. The molecule has 0 radical (unpaired) electrons. The van der Waals surface area contributed by atoms with Crippen LogP contribution in [0.15, 0.2) is 67.1 Å². The second-order valence-corrected chi connectivity index (χ2v) is 12.0. The van der Waals surface area contributed by atoms with E-state index in [9.17, 15) is 12.8 Å². The Morgan fingerprint density at radius 1 is 1.00 bits per heavy atom. The van der Waals surface area contributed by atoms with Crippen LogP contribution in [-0.4, -0.2) is 63.3 Å². The summed E-state index contributed by atoms with van der Waals surface area (Å²) in [5, 5.41) is 13.5. The fourth-order valence-corrected chi connectivity index (χ4v) is 5.46. The Morgan fingerprint density at radius 2 is 1.83 bits per heavy atom. The van der Waals surface area contributed by atoms with Gasteiger partial charge in [-0.25, -0.2) is 27.9 Å². The van der Waals surface area contributed by atoms with E-state index in [1.807, 2.05) is 38.5 Å². The number of rotatable bonds is 8. The highest BCUT2D eigenvalue weighted by Crippen LogP contribution is 2.34. The first-order chi connectivity index (χ1) is 19.6. The first-order valence-corrected chi connectivity index (χ1v) is 14.6. The Kier molecular flexibility index (Phi) is 6.81. The van der Waals surface area contributed by atoms with Gasteiger partial charge in [0.15, 0.2) is 0 Å². The van der Waals surface area contributed by atoms with Gasteiger partial charge in [-0.15, -0.1) is 0 Å². The van der Waals surface area contributed by atoms with Crippen molar-refractivity contribution >= 4 is 32.1 Å². The molecule has 0 saturated heterocycles. The molecule has 0 bridgehead atoms. The molecule has 1 aromatic carbocycles. The van der Waals surface area contributed by atoms with E-state index in [4.69, 9.17) is 10.1 Å². The van der Waals surface area contributed by atoms with Gasteiger partial charge in [-0.3, -0.25) is 10.1 Å². The van der Waals surface area contributed by atoms with E-state index in [2.05, 4.69) is 36.1 Å². The maximum atomic E-state index is 14.6. The van der Waals surface area contributed by atoms with Crippen LogP contribution in [0.3, 0.4) is 0 Å². The molecule has 4 N–H and O–H groups in total. The number of nitrogens with one attached hydrogen (secondary N) is 2. The van der Waals surface area contributed by atoms with Crippen LogP contribution in [0, 0.1) is 5.82 Å². The van der Waals surface area contributed by atoms with Gasteiger partial charge in [0, 0.05) is 36.1 Å². The number of aromatic amines is 2. The fourth-order valence-electron chi connectivity index (χ4n) is 4.94. The molecular formula is C29H27FN8O2S. The minimum Gasteiger partial charge on any atom is -0.338 e. The zero-order chi connectivity index (χ0) is 28.7. The molecule has 208 valence electrons. The summed E-state index contributed by atoms with van der Waals surface area (Å²) in [7, 11) is 0.348. The average Bonchev–Trinajstić information content (AvgIpc) is 3.54. The molecular weight excluding hydrogens is 543 g/mol. The Hall–Kier alpha value is -4.52. The maximum absolute atomic E-state index is 14.6. The largest absolute Gasteiger partial charge is 0.338 e. The molecule has 6 aromatic rings. The Balaban J connectivity index is 1.40. The number of hydrogen-bond donors (Lipinski definition) is 3. The molecule has 0 aliphatic heterocycles. The molecule has 5 aromatic heterocycles. The molecule has 0 amide bonds. The van der Waals surface area contributed by atoms with Crippen molar-refractivity contribution in [1.29, 1.82) is 0 Å². The Labute approximate surface area is 235 Å². The molecule has 12 heteroatoms. The monoisotopic (exact) mass is 570 g/mol. The number of nitrogens with two attached hydrogens (primary N) is 1. The molecule has 0 saturated carbocycles. The summed E-state index contributed by atoms with van der Waals surface area (Å²) in [6.07, 6.45) is 5.39. The van der Waals surface area contributed by atoms with Gasteiger partial charge in [0.25, 0.3) is 0 Å². The van der Waals surface area contributed by atoms with Crippen molar-refractivity contribution in [2.45, 2.75) is 13.0 Å². The number of halogens is 1. The first kappa shape index (κ1) is 26.7. The molecule has 10 nitrogen and oxygen atoms in total. The molecule has 0 atom stereocenters. The van der Waals surface area contributed by atoms with Gasteiger partial charge in [-0.05, 0) is 85.2 Å². The predicted octanol–water partition coefficient (Wildman–Crippen LogP) is 4.26. The van der Waals surface area contributed by atoms with E-state index < -0.39 is 15.8 Å². The molecule has 0 spiro atoms. The summed E-state index contributed by atoms with van der Waals surface area (Å²) in [4.78, 5) is 19.2. The number of aryl methyl sites for hydroxylation is 1. The predicted molar refractivity (Wildman–Crippen MR) is 157 cm³/mol. The zero-order valence-electron chi connectivity index (χ0n) is 22.4. The SMILES string of the molecule is CN(C)Cc1cncc(-c2ccc3[nH]nc(-c4cc5c(-c6cc(F)cc(CCS(N)(=O)=O)c6)ccnc5[nH]4)c3n2)c1. The zero-order valence-corrected chi connectivity index (χ0v) is 23.2. The van der Waals surface area contributed by atoms with Gasteiger partial charge < -0.3 is 9.88 Å². The number of nitrogens with zero attached hydrogens (tertiary/aromatic N) is 5. The second-order valence-electron chi connectivity index (χ2n) is 10.3. The number of aromatic nitrogens is 6. The van der Waals surface area contributed by atoms with E-state index in [0.717, 1.165) is 39.8 Å². The summed E-state index contributed by atoms with van der Waals surface area (Å²) in [6.45, 7) is 0.767. The lowest BCUT2D eigenvalue weighted by Gasteiger charge is -2.10. The summed E-state index contributed by atoms with van der Waals surface area (Å²) >= 11 is 0. The highest BCUT2D eigenvalue weighted by Gasteiger charge is 2.17. The molecule has 6 rings (SSSR count). The summed E-state index contributed by atoms with van der Waals surface area (Å²) in [5.41, 5.74) is 8.02. The van der Waals surface area contributed by atoms with Crippen molar-refractivity contribution in [2.24, 2.45) is 5.14 Å². The second kappa shape index (κ2) is 10.5. The third-order valence-electron chi connectivity index (χ3n) is 6.73. The number of primary sulfonamides is 1. The van der Waals surface area contributed by atoms with Crippen molar-refractivity contribution in [3.63, 3.8) is 0 Å². The third-order valence-corrected chi connectivity index (χ3v) is 7.50. The molecule has 5 heterocycles. The van der Waals surface area contributed by atoms with Gasteiger partial charge in [-0.2, -0.15) is 5.10 Å². The van der Waals surface area contributed by atoms with Crippen LogP contribution in [0.1, 0.15) is 11.1 Å². The van der Waals surface area contributed by atoms with Crippen molar-refractivity contribution in [3.05, 3.63) is 84.1 Å². The van der Waals surface area contributed by atoms with Crippen LogP contribution in [0.25, 0.3) is 55.8 Å². The Bertz CT molecular complexity index is 2020. The lowest BCUT2D eigenvalue weighted by atomic mass is 10.00. The lowest BCUT2D eigenvalue weighted by Crippen LogP contribution is -2.18. The van der Waals surface area contributed by atoms with Crippen LogP contribution >= 0.6 is 0 Å². The summed E-state index contributed by atoms with van der Waals surface area (Å²) in [5.74, 6) is -0.737. The third kappa shape index (κ3) is 5.71. The van der Waals surface area contributed by atoms with Crippen molar-refractivity contribution in [2.75, 3.05) is 19.8 Å². The van der Waals surface area contributed by atoms with Crippen LogP contribution in [0.4, 0.5) is 4.39 Å². The highest BCUT2D eigenvalue weighted by atomic mass is 32.2. The van der Waals surface area contributed by atoms with Gasteiger partial charge in [0.1, 0.15) is 22.7 Å². The summed E-state index contributed by atoms with van der Waals surface area (Å²) < 4.78 is 37.4. The molecule has 0 aliphatic rings. The number of fused-ring (bicyclic) bond motifs is 2. The first-order valence-electron chi connectivity index (χ1n) is 12.9. The van der Waals surface area contributed by atoms with Crippen molar-refractivity contribution in [3.8, 4) is 33.8 Å². The van der Waals surface area contributed by atoms with E-state index in [1.54, 1.807) is 24.5 Å². The molecule has 0 aliphatic carbocycles. The number of H-pyrrole nitrogens is 2. The van der Waals surface area contributed by atoms with Crippen molar-refractivity contribution in [1.82, 2.24) is 35.0 Å². The highest BCUT2D eigenvalue weighted by molar-refractivity contribution is 7.89. The van der Waals surface area contributed by atoms with E-state index in [-0.39, 0.29) is 12.2 Å². The number of benzene rings is 1. The van der Waals surface area contributed by atoms with Crippen LogP contribution in [0.2, 0.25) is 0 Å². The average molecular weight is 571 g/mol. The topological polar surface area (TPSA) is 147 Å². The molecule has 41 heavy (non-hydrogen) atoms. The van der Waals surface area contributed by atoms with E-state index >= 15 is 0 Å². The van der Waals surface area contributed by atoms with E-state index in [0.29, 0.717) is 33.7 Å². The number of hydrogen-bond acceptors (Lipinski definition) is 7. The van der Waals surface area contributed by atoms with Crippen LogP contribution < -0.4 is 5.14 Å². The van der Waals surface area contributed by atoms with Crippen molar-refractivity contribution < 1.29 is 12.8 Å².